The van der Waals surface area contributed by atoms with E-state index in [1.54, 1.807) is 14.2 Å². The zero-order valence-electron chi connectivity index (χ0n) is 17.4. The van der Waals surface area contributed by atoms with Crippen LogP contribution in [0.1, 0.15) is 36.7 Å². The highest BCUT2D eigenvalue weighted by Crippen LogP contribution is 2.52. The Balaban J connectivity index is 1.76. The topological polar surface area (TPSA) is 47.0 Å². The highest BCUT2D eigenvalue weighted by molar-refractivity contribution is 8.14. The van der Waals surface area contributed by atoms with Crippen molar-refractivity contribution in [3.8, 4) is 11.5 Å². The molecule has 3 heterocycles. The molecule has 0 spiro atoms. The van der Waals surface area contributed by atoms with Crippen LogP contribution in [-0.4, -0.2) is 41.1 Å². The lowest BCUT2D eigenvalue weighted by atomic mass is 9.90. The first-order chi connectivity index (χ1) is 14.7. The van der Waals surface area contributed by atoms with Crippen molar-refractivity contribution in [2.75, 3.05) is 20.0 Å². The van der Waals surface area contributed by atoms with Gasteiger partial charge in [0.05, 0.1) is 26.0 Å². The molecule has 5 nitrogen and oxygen atoms in total. The molecule has 0 unspecified atom stereocenters. The maximum absolute atomic E-state index is 5.90. The number of rotatable bonds is 5. The highest BCUT2D eigenvalue weighted by atomic mass is 32.2. The standard InChI is InChI=1S/C24H25N3O2S/c1-4-16-14-30-24-26-22(19-7-5-6-12-25-19)23(27(16)24)21-18-13-17(28-2)10-8-15(18)9-11-20(21)29-3/h5-13,16,22-23H,4,14H2,1-3H3/t16-,22+,23-/m1/s1. The number of nitrogens with zero attached hydrogens (tertiary/aromatic N) is 3. The van der Waals surface area contributed by atoms with Crippen LogP contribution < -0.4 is 9.47 Å². The molecule has 2 aliphatic rings. The Morgan fingerprint density at radius 3 is 2.70 bits per heavy atom. The molecule has 1 aromatic heterocycles. The molecule has 30 heavy (non-hydrogen) atoms. The Hall–Kier alpha value is -2.73. The molecule has 1 saturated heterocycles. The number of methoxy groups -OCH3 is 2. The van der Waals surface area contributed by atoms with E-state index in [9.17, 15) is 0 Å². The summed E-state index contributed by atoms with van der Waals surface area (Å²) in [5, 5.41) is 3.42. The van der Waals surface area contributed by atoms with Crippen molar-refractivity contribution in [2.45, 2.75) is 31.5 Å². The summed E-state index contributed by atoms with van der Waals surface area (Å²) in [4.78, 5) is 12.3. The van der Waals surface area contributed by atoms with Crippen molar-refractivity contribution in [1.82, 2.24) is 9.88 Å². The number of aliphatic imine (C=N–C) groups is 1. The van der Waals surface area contributed by atoms with E-state index >= 15 is 0 Å². The average Bonchev–Trinajstić information content (AvgIpc) is 3.37. The minimum atomic E-state index is -0.0752. The van der Waals surface area contributed by atoms with E-state index in [0.29, 0.717) is 6.04 Å². The van der Waals surface area contributed by atoms with Gasteiger partial charge in [0.2, 0.25) is 0 Å². The van der Waals surface area contributed by atoms with E-state index in [1.807, 2.05) is 36.2 Å². The summed E-state index contributed by atoms with van der Waals surface area (Å²) < 4.78 is 11.4. The molecule has 154 valence electrons. The monoisotopic (exact) mass is 419 g/mol. The predicted octanol–water partition coefficient (Wildman–Crippen LogP) is 5.23. The van der Waals surface area contributed by atoms with Crippen molar-refractivity contribution < 1.29 is 9.47 Å². The van der Waals surface area contributed by atoms with E-state index < -0.39 is 0 Å². The first-order valence-corrected chi connectivity index (χ1v) is 11.3. The van der Waals surface area contributed by atoms with Gasteiger partial charge < -0.3 is 14.4 Å². The van der Waals surface area contributed by atoms with Crippen LogP contribution >= 0.6 is 11.8 Å². The van der Waals surface area contributed by atoms with Crippen LogP contribution in [0.15, 0.2) is 59.7 Å². The van der Waals surface area contributed by atoms with E-state index in [4.69, 9.17) is 14.5 Å². The van der Waals surface area contributed by atoms with Crippen molar-refractivity contribution in [3.05, 3.63) is 66.0 Å². The smallest absolute Gasteiger partial charge is 0.160 e. The normalized spacial score (nSPS) is 22.8. The summed E-state index contributed by atoms with van der Waals surface area (Å²) in [6, 6.07) is 16.9. The van der Waals surface area contributed by atoms with E-state index in [-0.39, 0.29) is 12.1 Å². The van der Waals surface area contributed by atoms with Crippen molar-refractivity contribution >= 4 is 27.7 Å². The number of hydrogen-bond donors (Lipinski definition) is 0. The molecular weight excluding hydrogens is 394 g/mol. The fourth-order valence-corrected chi connectivity index (χ4v) is 5.91. The van der Waals surface area contributed by atoms with Gasteiger partial charge in [-0.1, -0.05) is 36.9 Å². The van der Waals surface area contributed by atoms with E-state index in [2.05, 4.69) is 47.1 Å². The molecule has 0 N–H and O–H groups in total. The highest BCUT2D eigenvalue weighted by Gasteiger charge is 2.47. The summed E-state index contributed by atoms with van der Waals surface area (Å²) in [5.74, 6) is 2.79. The van der Waals surface area contributed by atoms with Crippen LogP contribution in [0, 0.1) is 0 Å². The SMILES string of the molecule is CC[C@@H]1CSC2=N[C@@H](c3ccccn3)[C@@H](c3c(OC)ccc4ccc(OC)cc34)N21. The minimum Gasteiger partial charge on any atom is -0.497 e. The fraction of sp³-hybridized carbons (Fsp3) is 0.333. The van der Waals surface area contributed by atoms with Gasteiger partial charge in [0, 0.05) is 23.6 Å². The summed E-state index contributed by atoms with van der Waals surface area (Å²) in [6.45, 7) is 2.25. The number of ether oxygens (including phenoxy) is 2. The third kappa shape index (κ3) is 3.01. The van der Waals surface area contributed by atoms with Gasteiger partial charge in [-0.25, -0.2) is 0 Å². The number of pyridine rings is 1. The zero-order chi connectivity index (χ0) is 20.7. The van der Waals surface area contributed by atoms with Crippen LogP contribution in [0.3, 0.4) is 0 Å². The van der Waals surface area contributed by atoms with Gasteiger partial charge in [-0.15, -0.1) is 0 Å². The molecule has 2 aliphatic heterocycles. The molecule has 0 amide bonds. The van der Waals surface area contributed by atoms with E-state index in [0.717, 1.165) is 45.5 Å². The third-order valence-electron chi connectivity index (χ3n) is 6.08. The Morgan fingerprint density at radius 2 is 1.97 bits per heavy atom. The molecule has 6 heteroatoms. The van der Waals surface area contributed by atoms with Crippen LogP contribution in [0.2, 0.25) is 0 Å². The number of amidine groups is 1. The molecule has 5 rings (SSSR count). The Bertz CT molecular complexity index is 1100. The summed E-state index contributed by atoms with van der Waals surface area (Å²) in [7, 11) is 3.45. The number of thioether (sulfide) groups is 1. The van der Waals surface area contributed by atoms with Gasteiger partial charge in [0.15, 0.2) is 5.17 Å². The second kappa shape index (κ2) is 7.84. The molecule has 0 saturated carbocycles. The maximum Gasteiger partial charge on any atom is 0.160 e. The van der Waals surface area contributed by atoms with Gasteiger partial charge in [-0.2, -0.15) is 0 Å². The lowest BCUT2D eigenvalue weighted by molar-refractivity contribution is 0.250. The summed E-state index contributed by atoms with van der Waals surface area (Å²) in [6.07, 6.45) is 2.93. The van der Waals surface area contributed by atoms with Crippen LogP contribution in [-0.2, 0) is 0 Å². The number of aromatic nitrogens is 1. The largest absolute Gasteiger partial charge is 0.497 e. The quantitative estimate of drug-likeness (QED) is 0.567. The zero-order valence-corrected chi connectivity index (χ0v) is 18.2. The van der Waals surface area contributed by atoms with Crippen molar-refractivity contribution in [1.29, 1.82) is 0 Å². The van der Waals surface area contributed by atoms with Gasteiger partial charge >= 0.3 is 0 Å². The second-order valence-electron chi connectivity index (χ2n) is 7.60. The lowest BCUT2D eigenvalue weighted by Crippen LogP contribution is -2.35. The van der Waals surface area contributed by atoms with Gasteiger partial charge in [0.25, 0.3) is 0 Å². The molecule has 0 aliphatic carbocycles. The number of benzene rings is 2. The van der Waals surface area contributed by atoms with Crippen molar-refractivity contribution in [2.24, 2.45) is 4.99 Å². The number of hydrogen-bond acceptors (Lipinski definition) is 6. The van der Waals surface area contributed by atoms with Crippen molar-refractivity contribution in [3.63, 3.8) is 0 Å². The Kier molecular flexibility index (Phi) is 5.03. The molecular formula is C24H25N3O2S. The third-order valence-corrected chi connectivity index (χ3v) is 7.20. The molecule has 2 aromatic carbocycles. The Morgan fingerprint density at radius 1 is 1.10 bits per heavy atom. The first-order valence-electron chi connectivity index (χ1n) is 10.3. The summed E-state index contributed by atoms with van der Waals surface area (Å²) >= 11 is 1.85. The molecule has 3 atom stereocenters. The Labute approximate surface area is 181 Å². The molecule has 0 bridgehead atoms. The second-order valence-corrected chi connectivity index (χ2v) is 8.59. The first kappa shape index (κ1) is 19.2. The maximum atomic E-state index is 5.90. The van der Waals surface area contributed by atoms with Gasteiger partial charge in [-0.05, 0) is 47.5 Å². The van der Waals surface area contributed by atoms with Crippen LogP contribution in [0.5, 0.6) is 11.5 Å². The molecule has 0 radical (unpaired) electrons. The van der Waals surface area contributed by atoms with Gasteiger partial charge in [0.1, 0.15) is 17.5 Å². The molecule has 1 fully saturated rings. The van der Waals surface area contributed by atoms with Gasteiger partial charge in [-0.3, -0.25) is 9.98 Å². The lowest BCUT2D eigenvalue weighted by Gasteiger charge is -2.33. The average molecular weight is 420 g/mol. The predicted molar refractivity (Wildman–Crippen MR) is 123 cm³/mol. The van der Waals surface area contributed by atoms with Crippen LogP contribution in [0.4, 0.5) is 0 Å². The molecule has 3 aromatic rings. The minimum absolute atomic E-state index is 0.0283. The van der Waals surface area contributed by atoms with Crippen LogP contribution in [0.25, 0.3) is 10.8 Å². The number of fused-ring (bicyclic) bond motifs is 2. The summed E-state index contributed by atoms with van der Waals surface area (Å²) in [5.41, 5.74) is 2.14. The van der Waals surface area contributed by atoms with E-state index in [1.165, 1.54) is 5.39 Å². The fourth-order valence-electron chi connectivity index (χ4n) is 4.58.